The van der Waals surface area contributed by atoms with Gasteiger partial charge in [-0.3, -0.25) is 0 Å². The smallest absolute Gasteiger partial charge is 0.337 e. The minimum atomic E-state index is -0.527. The second kappa shape index (κ2) is 11.6. The molecule has 27 heavy (non-hydrogen) atoms. The molecule has 0 saturated carbocycles. The van der Waals surface area contributed by atoms with Crippen LogP contribution in [-0.2, 0) is 19.1 Å². The highest BCUT2D eigenvalue weighted by Crippen LogP contribution is 2.27. The molecule has 0 aliphatic carbocycles. The summed E-state index contributed by atoms with van der Waals surface area (Å²) in [6.45, 7) is 5.04. The highest BCUT2D eigenvalue weighted by molar-refractivity contribution is 5.91. The van der Waals surface area contributed by atoms with Crippen molar-refractivity contribution >= 4 is 18.0 Å². The largest absolute Gasteiger partial charge is 0.493 e. The molecule has 0 amide bonds. The van der Waals surface area contributed by atoms with Crippen molar-refractivity contribution in [3.8, 4) is 11.5 Å². The van der Waals surface area contributed by atoms with E-state index in [1.807, 2.05) is 12.1 Å². The molecule has 0 N–H and O–H groups in total. The summed E-state index contributed by atoms with van der Waals surface area (Å²) in [6.07, 6.45) is 6.73. The fourth-order valence-electron chi connectivity index (χ4n) is 1.99. The second-order valence-electron chi connectivity index (χ2n) is 5.48. The van der Waals surface area contributed by atoms with Gasteiger partial charge in [-0.1, -0.05) is 24.3 Å². The molecule has 0 unspecified atom stereocenters. The summed E-state index contributed by atoms with van der Waals surface area (Å²) in [4.78, 5) is 23.7. The topological polar surface area (TPSA) is 71.1 Å². The number of rotatable bonds is 9. The molecule has 146 valence electrons. The normalized spacial score (nSPS) is 12.0. The Hall–Kier alpha value is -3.02. The molecule has 1 rings (SSSR count). The van der Waals surface area contributed by atoms with Crippen LogP contribution in [0, 0.1) is 0 Å². The zero-order valence-electron chi connectivity index (χ0n) is 16.4. The van der Waals surface area contributed by atoms with Gasteiger partial charge in [0, 0.05) is 5.57 Å². The number of esters is 2. The molecule has 0 radical (unpaired) electrons. The van der Waals surface area contributed by atoms with E-state index in [1.165, 1.54) is 0 Å². The molecule has 6 nitrogen and oxygen atoms in total. The van der Waals surface area contributed by atoms with E-state index in [9.17, 15) is 9.59 Å². The van der Waals surface area contributed by atoms with E-state index in [0.29, 0.717) is 17.1 Å². The van der Waals surface area contributed by atoms with E-state index in [1.54, 1.807) is 65.4 Å². The lowest BCUT2D eigenvalue weighted by molar-refractivity contribution is -0.141. The van der Waals surface area contributed by atoms with E-state index in [-0.39, 0.29) is 18.8 Å². The van der Waals surface area contributed by atoms with Crippen LogP contribution in [0.3, 0.4) is 0 Å². The third kappa shape index (κ3) is 7.01. The summed E-state index contributed by atoms with van der Waals surface area (Å²) in [5.41, 5.74) is 1.65. The van der Waals surface area contributed by atoms with Gasteiger partial charge in [-0.2, -0.15) is 0 Å². The van der Waals surface area contributed by atoms with Crippen molar-refractivity contribution in [2.45, 2.75) is 20.8 Å². The van der Waals surface area contributed by atoms with Gasteiger partial charge < -0.3 is 18.9 Å². The van der Waals surface area contributed by atoms with E-state index >= 15 is 0 Å². The summed E-state index contributed by atoms with van der Waals surface area (Å²) >= 11 is 0. The van der Waals surface area contributed by atoms with Gasteiger partial charge in [0.25, 0.3) is 0 Å². The molecule has 0 bridgehead atoms. The average molecular weight is 374 g/mol. The lowest BCUT2D eigenvalue weighted by Crippen LogP contribution is -2.16. The number of benzene rings is 1. The molecule has 1 aromatic carbocycles. The lowest BCUT2D eigenvalue weighted by Gasteiger charge is -2.08. The van der Waals surface area contributed by atoms with Gasteiger partial charge in [-0.25, -0.2) is 9.59 Å². The first-order valence-electron chi connectivity index (χ1n) is 8.47. The maximum absolute atomic E-state index is 12.1. The molecular formula is C21H26O6. The van der Waals surface area contributed by atoms with Crippen LogP contribution < -0.4 is 9.47 Å². The molecule has 6 heteroatoms. The number of hydrogen-bond acceptors (Lipinski definition) is 6. The van der Waals surface area contributed by atoms with E-state index in [2.05, 4.69) is 0 Å². The zero-order chi connectivity index (χ0) is 20.2. The van der Waals surface area contributed by atoms with Crippen LogP contribution in [0.15, 0.2) is 47.6 Å². The van der Waals surface area contributed by atoms with Gasteiger partial charge in [0.1, 0.15) is 13.2 Å². The quantitative estimate of drug-likeness (QED) is 0.485. The number of ether oxygens (including phenoxy) is 4. The molecule has 0 aliphatic heterocycles. The van der Waals surface area contributed by atoms with Gasteiger partial charge in [0.05, 0.1) is 19.8 Å². The predicted molar refractivity (Wildman–Crippen MR) is 104 cm³/mol. The van der Waals surface area contributed by atoms with Crippen molar-refractivity contribution in [2.24, 2.45) is 0 Å². The van der Waals surface area contributed by atoms with Gasteiger partial charge in [-0.05, 0) is 44.5 Å². The summed E-state index contributed by atoms with van der Waals surface area (Å²) in [6, 6.07) is 5.47. The monoisotopic (exact) mass is 374 g/mol. The molecular weight excluding hydrogens is 348 g/mol. The molecule has 0 heterocycles. The van der Waals surface area contributed by atoms with Gasteiger partial charge in [0.2, 0.25) is 0 Å². The predicted octanol–water partition coefficient (Wildman–Crippen LogP) is 3.72. The maximum atomic E-state index is 12.1. The molecule has 0 spiro atoms. The summed E-state index contributed by atoms with van der Waals surface area (Å²) in [5.74, 6) is 0.269. The zero-order valence-corrected chi connectivity index (χ0v) is 16.4. The number of carbonyl (C=O) groups is 2. The van der Waals surface area contributed by atoms with Crippen LogP contribution in [0.4, 0.5) is 0 Å². The Labute approximate surface area is 160 Å². The highest BCUT2D eigenvalue weighted by Gasteiger charge is 2.13. The Morgan fingerprint density at radius 1 is 0.963 bits per heavy atom. The van der Waals surface area contributed by atoms with Crippen LogP contribution in [0.2, 0.25) is 0 Å². The number of carbonyl (C=O) groups excluding carboxylic acids is 2. The SMILES string of the molecule is C/C=C(/C)C(=O)OC/C(=C/C)C(=O)OC/C=C\c1ccc(OC)c(OC)c1. The molecule has 0 aliphatic rings. The van der Waals surface area contributed by atoms with E-state index in [0.717, 1.165) is 5.56 Å². The third-order valence-electron chi connectivity index (χ3n) is 3.75. The number of methoxy groups -OCH3 is 2. The fourth-order valence-corrected chi connectivity index (χ4v) is 1.99. The van der Waals surface area contributed by atoms with Crippen molar-refractivity contribution in [2.75, 3.05) is 27.4 Å². The van der Waals surface area contributed by atoms with Crippen LogP contribution >= 0.6 is 0 Å². The van der Waals surface area contributed by atoms with Gasteiger partial charge in [0.15, 0.2) is 11.5 Å². The summed E-state index contributed by atoms with van der Waals surface area (Å²) in [5, 5.41) is 0. The Balaban J connectivity index is 2.55. The minimum Gasteiger partial charge on any atom is -0.493 e. The van der Waals surface area contributed by atoms with Gasteiger partial charge >= 0.3 is 11.9 Å². The molecule has 0 saturated heterocycles. The fraction of sp³-hybridized carbons (Fsp3) is 0.333. The van der Waals surface area contributed by atoms with Crippen LogP contribution in [0.5, 0.6) is 11.5 Å². The Kier molecular flexibility index (Phi) is 9.43. The molecule has 0 aromatic heterocycles. The summed E-state index contributed by atoms with van der Waals surface area (Å²) < 4.78 is 20.7. The first-order chi connectivity index (χ1) is 13.0. The van der Waals surface area contributed by atoms with Crippen LogP contribution in [0.1, 0.15) is 26.3 Å². The highest BCUT2D eigenvalue weighted by atomic mass is 16.5. The van der Waals surface area contributed by atoms with Gasteiger partial charge in [-0.15, -0.1) is 0 Å². The Morgan fingerprint density at radius 2 is 1.67 bits per heavy atom. The first kappa shape index (κ1) is 22.0. The minimum absolute atomic E-state index is 0.0896. The van der Waals surface area contributed by atoms with Crippen molar-refractivity contribution in [3.05, 3.63) is 53.1 Å². The first-order valence-corrected chi connectivity index (χ1v) is 8.47. The standard InChI is InChI=1S/C21H26O6/c1-6-15(3)20(22)27-14-17(7-2)21(23)26-12-8-9-16-10-11-18(24-4)19(13-16)25-5/h6-11,13H,12,14H2,1-5H3/b9-8-,15-6-,17-7-. The number of allylic oxidation sites excluding steroid dienone is 2. The Morgan fingerprint density at radius 3 is 2.26 bits per heavy atom. The molecule has 0 atom stereocenters. The van der Waals surface area contributed by atoms with E-state index < -0.39 is 11.9 Å². The van der Waals surface area contributed by atoms with E-state index in [4.69, 9.17) is 18.9 Å². The lowest BCUT2D eigenvalue weighted by atomic mass is 10.2. The van der Waals surface area contributed by atoms with Crippen molar-refractivity contribution in [1.29, 1.82) is 0 Å². The third-order valence-corrected chi connectivity index (χ3v) is 3.75. The van der Waals surface area contributed by atoms with Crippen molar-refractivity contribution in [1.82, 2.24) is 0 Å². The summed E-state index contributed by atoms with van der Waals surface area (Å²) in [7, 11) is 3.14. The van der Waals surface area contributed by atoms with Crippen molar-refractivity contribution < 1.29 is 28.5 Å². The number of hydrogen-bond donors (Lipinski definition) is 0. The molecule has 0 fully saturated rings. The maximum Gasteiger partial charge on any atom is 0.337 e. The van der Waals surface area contributed by atoms with Crippen molar-refractivity contribution in [3.63, 3.8) is 0 Å². The molecule has 1 aromatic rings. The Bertz CT molecular complexity index is 743. The average Bonchev–Trinajstić information content (AvgIpc) is 2.70. The van der Waals surface area contributed by atoms with Crippen LogP contribution in [0.25, 0.3) is 6.08 Å². The second-order valence-corrected chi connectivity index (χ2v) is 5.48. The van der Waals surface area contributed by atoms with Crippen LogP contribution in [-0.4, -0.2) is 39.4 Å².